The maximum atomic E-state index is 12.9. The molecule has 0 saturated carbocycles. The number of hydrogen-bond acceptors (Lipinski definition) is 3. The molecule has 0 aliphatic carbocycles. The molecule has 3 rings (SSSR count). The highest BCUT2D eigenvalue weighted by atomic mass is 32.2. The van der Waals surface area contributed by atoms with Crippen LogP contribution in [0.25, 0.3) is 16.8 Å². The van der Waals surface area contributed by atoms with Crippen molar-refractivity contribution >= 4 is 21.4 Å². The van der Waals surface area contributed by atoms with Crippen molar-refractivity contribution in [2.45, 2.75) is 18.7 Å². The molecule has 0 radical (unpaired) electrons. The number of amides is 1. The summed E-state index contributed by atoms with van der Waals surface area (Å²) in [5.74, 6) is -0.438. The monoisotopic (exact) mass is 417 g/mol. The molecule has 1 amide bonds. The average molecular weight is 418 g/mol. The number of carbonyl (C=O) groups excluding carboxylic acids is 1. The van der Waals surface area contributed by atoms with Crippen LogP contribution in [0.2, 0.25) is 0 Å². The zero-order valence-corrected chi connectivity index (χ0v) is 17.7. The molecular weight excluding hydrogens is 394 g/mol. The topological polar surface area (TPSA) is 63.2 Å². The summed E-state index contributed by atoms with van der Waals surface area (Å²) < 4.78 is 25.8. The standard InChI is InChI=1S/C25H23NO3S/c1-18(2)25(27)26-24(17-30(28,29)23-15-9-19(3)10-16-23)22-13-11-21(12-14-22)20-7-5-4-6-8-20/h4-17H,1H2,2-3H3,(H,26,27). The third-order valence-corrected chi connectivity index (χ3v) is 6.04. The van der Waals surface area contributed by atoms with Crippen molar-refractivity contribution in [3.05, 3.63) is 108 Å². The second-order valence-corrected chi connectivity index (χ2v) is 8.86. The van der Waals surface area contributed by atoms with Crippen LogP contribution in [-0.2, 0) is 14.6 Å². The summed E-state index contributed by atoms with van der Waals surface area (Å²) in [4.78, 5) is 12.4. The van der Waals surface area contributed by atoms with Crippen molar-refractivity contribution in [3.63, 3.8) is 0 Å². The molecule has 0 aliphatic rings. The smallest absolute Gasteiger partial charge is 0.250 e. The minimum Gasteiger partial charge on any atom is -0.321 e. The van der Waals surface area contributed by atoms with E-state index in [1.54, 1.807) is 43.3 Å². The second kappa shape index (κ2) is 8.93. The Bertz CT molecular complexity index is 1190. The quantitative estimate of drug-likeness (QED) is 0.566. The summed E-state index contributed by atoms with van der Waals surface area (Å²) in [5.41, 5.74) is 4.07. The van der Waals surface area contributed by atoms with Crippen LogP contribution in [0.5, 0.6) is 0 Å². The maximum absolute atomic E-state index is 12.9. The Morgan fingerprint density at radius 1 is 0.867 bits per heavy atom. The third kappa shape index (κ3) is 5.13. The van der Waals surface area contributed by atoms with Crippen LogP contribution in [0.3, 0.4) is 0 Å². The summed E-state index contributed by atoms with van der Waals surface area (Å²) in [6.45, 7) is 7.09. The molecule has 0 unspecified atom stereocenters. The molecule has 0 saturated heterocycles. The maximum Gasteiger partial charge on any atom is 0.250 e. The molecule has 152 valence electrons. The Morgan fingerprint density at radius 3 is 2.00 bits per heavy atom. The molecule has 3 aromatic rings. The van der Waals surface area contributed by atoms with Gasteiger partial charge in [0.15, 0.2) is 0 Å². The Kier molecular flexibility index (Phi) is 6.33. The Balaban J connectivity index is 2.02. The van der Waals surface area contributed by atoms with Gasteiger partial charge in [0, 0.05) is 5.57 Å². The van der Waals surface area contributed by atoms with E-state index < -0.39 is 15.7 Å². The predicted molar refractivity (Wildman–Crippen MR) is 121 cm³/mol. The van der Waals surface area contributed by atoms with Crippen molar-refractivity contribution in [2.75, 3.05) is 0 Å². The van der Waals surface area contributed by atoms with E-state index in [-0.39, 0.29) is 16.2 Å². The first kappa shape index (κ1) is 21.3. The fraction of sp³-hybridized carbons (Fsp3) is 0.0800. The van der Waals surface area contributed by atoms with Gasteiger partial charge in [0.1, 0.15) is 0 Å². The lowest BCUT2D eigenvalue weighted by Gasteiger charge is -2.12. The minimum absolute atomic E-state index is 0.163. The lowest BCUT2D eigenvalue weighted by Crippen LogP contribution is -2.23. The van der Waals surface area contributed by atoms with E-state index in [9.17, 15) is 13.2 Å². The zero-order chi connectivity index (χ0) is 21.7. The number of aryl methyl sites for hydroxylation is 1. The van der Waals surface area contributed by atoms with E-state index in [4.69, 9.17) is 0 Å². The van der Waals surface area contributed by atoms with Crippen molar-refractivity contribution in [2.24, 2.45) is 0 Å². The van der Waals surface area contributed by atoms with E-state index in [0.29, 0.717) is 5.56 Å². The fourth-order valence-electron chi connectivity index (χ4n) is 2.82. The summed E-state index contributed by atoms with van der Waals surface area (Å²) in [7, 11) is -3.76. The first-order valence-electron chi connectivity index (χ1n) is 9.42. The number of nitrogens with one attached hydrogen (secondary N) is 1. The molecule has 0 atom stereocenters. The van der Waals surface area contributed by atoms with Gasteiger partial charge in [-0.1, -0.05) is 78.9 Å². The zero-order valence-electron chi connectivity index (χ0n) is 16.9. The van der Waals surface area contributed by atoms with Gasteiger partial charge in [-0.25, -0.2) is 8.42 Å². The molecule has 0 fully saturated rings. The van der Waals surface area contributed by atoms with Crippen LogP contribution >= 0.6 is 0 Å². The average Bonchev–Trinajstić information content (AvgIpc) is 2.74. The Labute approximate surface area is 177 Å². The molecular formula is C25H23NO3S. The van der Waals surface area contributed by atoms with Gasteiger partial charge in [-0.05, 0) is 42.7 Å². The van der Waals surface area contributed by atoms with Crippen molar-refractivity contribution in [3.8, 4) is 11.1 Å². The van der Waals surface area contributed by atoms with Crippen LogP contribution in [0.15, 0.2) is 101 Å². The van der Waals surface area contributed by atoms with Gasteiger partial charge in [-0.15, -0.1) is 0 Å². The number of rotatable bonds is 6. The predicted octanol–water partition coefficient (Wildman–Crippen LogP) is 5.13. The largest absolute Gasteiger partial charge is 0.321 e. The van der Waals surface area contributed by atoms with Gasteiger partial charge < -0.3 is 5.32 Å². The molecule has 30 heavy (non-hydrogen) atoms. The van der Waals surface area contributed by atoms with Crippen LogP contribution < -0.4 is 5.32 Å². The summed E-state index contributed by atoms with van der Waals surface area (Å²) >= 11 is 0. The number of carbonyl (C=O) groups is 1. The first-order valence-corrected chi connectivity index (χ1v) is 11.0. The molecule has 0 aliphatic heterocycles. The normalized spacial score (nSPS) is 11.7. The molecule has 0 heterocycles. The van der Waals surface area contributed by atoms with E-state index in [1.165, 1.54) is 0 Å². The van der Waals surface area contributed by atoms with Gasteiger partial charge in [-0.2, -0.15) is 0 Å². The van der Waals surface area contributed by atoms with Gasteiger partial charge in [-0.3, -0.25) is 4.79 Å². The number of hydrogen-bond donors (Lipinski definition) is 1. The van der Waals surface area contributed by atoms with E-state index in [0.717, 1.165) is 22.1 Å². The van der Waals surface area contributed by atoms with E-state index in [2.05, 4.69) is 11.9 Å². The summed E-state index contributed by atoms with van der Waals surface area (Å²) in [6, 6.07) is 23.8. The molecule has 0 spiro atoms. The first-order chi connectivity index (χ1) is 14.3. The van der Waals surface area contributed by atoms with Gasteiger partial charge in [0.2, 0.25) is 9.84 Å². The molecule has 1 N–H and O–H groups in total. The molecule has 0 aromatic heterocycles. The number of benzene rings is 3. The van der Waals surface area contributed by atoms with Gasteiger partial charge >= 0.3 is 0 Å². The van der Waals surface area contributed by atoms with E-state index in [1.807, 2.05) is 49.4 Å². The Hall–Kier alpha value is -3.44. The van der Waals surface area contributed by atoms with Crippen LogP contribution in [0.1, 0.15) is 18.1 Å². The van der Waals surface area contributed by atoms with Gasteiger partial charge in [0.05, 0.1) is 16.0 Å². The third-order valence-electron chi connectivity index (χ3n) is 4.56. The molecule has 5 heteroatoms. The second-order valence-electron chi connectivity index (χ2n) is 7.07. The molecule has 3 aromatic carbocycles. The highest BCUT2D eigenvalue weighted by molar-refractivity contribution is 7.94. The van der Waals surface area contributed by atoms with Crippen LogP contribution in [-0.4, -0.2) is 14.3 Å². The van der Waals surface area contributed by atoms with Crippen molar-refractivity contribution in [1.29, 1.82) is 0 Å². The fourth-order valence-corrected chi connectivity index (χ4v) is 3.98. The Morgan fingerprint density at radius 2 is 1.43 bits per heavy atom. The SMILES string of the molecule is C=C(C)C(=O)NC(=CS(=O)(=O)c1ccc(C)cc1)c1ccc(-c2ccccc2)cc1. The summed E-state index contributed by atoms with van der Waals surface area (Å²) in [6.07, 6.45) is 0. The minimum atomic E-state index is -3.76. The highest BCUT2D eigenvalue weighted by Crippen LogP contribution is 2.24. The van der Waals surface area contributed by atoms with Crippen molar-refractivity contribution < 1.29 is 13.2 Å². The lowest BCUT2D eigenvalue weighted by atomic mass is 10.0. The number of sulfone groups is 1. The van der Waals surface area contributed by atoms with Crippen LogP contribution in [0.4, 0.5) is 0 Å². The van der Waals surface area contributed by atoms with Crippen LogP contribution in [0, 0.1) is 6.92 Å². The molecule has 0 bridgehead atoms. The summed E-state index contributed by atoms with van der Waals surface area (Å²) in [5, 5.41) is 3.77. The lowest BCUT2D eigenvalue weighted by molar-refractivity contribution is -0.116. The van der Waals surface area contributed by atoms with E-state index >= 15 is 0 Å². The molecule has 4 nitrogen and oxygen atoms in total. The van der Waals surface area contributed by atoms with Gasteiger partial charge in [0.25, 0.3) is 5.91 Å². The van der Waals surface area contributed by atoms with Crippen molar-refractivity contribution in [1.82, 2.24) is 5.32 Å². The highest BCUT2D eigenvalue weighted by Gasteiger charge is 2.16.